The van der Waals surface area contributed by atoms with Gasteiger partial charge < -0.3 is 29.7 Å². The van der Waals surface area contributed by atoms with Crippen LogP contribution in [-0.4, -0.2) is 58.2 Å². The Morgan fingerprint density at radius 1 is 1.00 bits per heavy atom. The molecule has 31 heavy (non-hydrogen) atoms. The normalized spacial score (nSPS) is 13.3. The Morgan fingerprint density at radius 3 is 2.29 bits per heavy atom. The lowest BCUT2D eigenvalue weighted by Gasteiger charge is -2.32. The molecular weight excluding hydrogens is 396 g/mol. The highest BCUT2D eigenvalue weighted by molar-refractivity contribution is 5.86. The number of nitrogens with zero attached hydrogens (tertiary/aromatic N) is 2. The lowest BCUT2D eigenvalue weighted by molar-refractivity contribution is -0.120. The van der Waals surface area contributed by atoms with E-state index in [9.17, 15) is 4.79 Å². The molecule has 2 N–H and O–H groups in total. The van der Waals surface area contributed by atoms with Gasteiger partial charge in [0.15, 0.2) is 17.5 Å². The zero-order valence-corrected chi connectivity index (χ0v) is 18.5. The number of hydrogen-bond donors (Lipinski definition) is 2. The Bertz CT molecular complexity index is 928. The fourth-order valence-corrected chi connectivity index (χ4v) is 3.56. The Kier molecular flexibility index (Phi) is 7.59. The van der Waals surface area contributed by atoms with Crippen molar-refractivity contribution in [2.75, 3.05) is 41.5 Å². The van der Waals surface area contributed by atoms with Crippen LogP contribution in [-0.2, 0) is 24.3 Å². The summed E-state index contributed by atoms with van der Waals surface area (Å²) in [5, 5.41) is 6.08. The van der Waals surface area contributed by atoms with E-state index in [1.807, 2.05) is 36.4 Å². The maximum absolute atomic E-state index is 12.3. The van der Waals surface area contributed by atoms with E-state index in [1.54, 1.807) is 28.4 Å². The summed E-state index contributed by atoms with van der Waals surface area (Å²) in [6.45, 7) is 2.10. The minimum absolute atomic E-state index is 0.0965. The van der Waals surface area contributed by atoms with Gasteiger partial charge in [0, 0.05) is 26.7 Å². The molecule has 0 saturated heterocycles. The van der Waals surface area contributed by atoms with E-state index >= 15 is 0 Å². The fraction of sp³-hybridized carbons (Fsp3) is 0.391. The molecule has 1 aliphatic heterocycles. The van der Waals surface area contributed by atoms with E-state index in [2.05, 4.69) is 20.5 Å². The summed E-state index contributed by atoms with van der Waals surface area (Å²) in [5.74, 6) is 2.84. The van der Waals surface area contributed by atoms with Gasteiger partial charge in [-0.2, -0.15) is 0 Å². The van der Waals surface area contributed by atoms with Crippen molar-refractivity contribution in [3.8, 4) is 17.2 Å². The largest absolute Gasteiger partial charge is 0.497 e. The third kappa shape index (κ3) is 5.59. The Hall–Kier alpha value is -3.42. The molecule has 0 bridgehead atoms. The Labute approximate surface area is 183 Å². The molecule has 166 valence electrons. The smallest absolute Gasteiger partial charge is 0.239 e. The van der Waals surface area contributed by atoms with Gasteiger partial charge in [-0.3, -0.25) is 9.79 Å². The topological polar surface area (TPSA) is 84.4 Å². The molecule has 1 amide bonds. The molecule has 1 aliphatic rings. The van der Waals surface area contributed by atoms with Crippen molar-refractivity contribution in [2.24, 2.45) is 4.99 Å². The molecule has 8 nitrogen and oxygen atoms in total. The van der Waals surface area contributed by atoms with Crippen LogP contribution in [0.2, 0.25) is 0 Å². The van der Waals surface area contributed by atoms with Crippen molar-refractivity contribution in [3.05, 3.63) is 53.1 Å². The van der Waals surface area contributed by atoms with E-state index in [0.29, 0.717) is 24.8 Å². The van der Waals surface area contributed by atoms with Gasteiger partial charge in [-0.25, -0.2) is 0 Å². The molecule has 2 aromatic carbocycles. The minimum Gasteiger partial charge on any atom is -0.497 e. The van der Waals surface area contributed by atoms with Crippen LogP contribution in [0, 0.1) is 0 Å². The Morgan fingerprint density at radius 2 is 1.68 bits per heavy atom. The zero-order valence-electron chi connectivity index (χ0n) is 18.5. The van der Waals surface area contributed by atoms with E-state index in [0.717, 1.165) is 35.6 Å². The summed E-state index contributed by atoms with van der Waals surface area (Å²) in [6, 6.07) is 11.7. The van der Waals surface area contributed by atoms with Crippen LogP contribution in [0.5, 0.6) is 17.2 Å². The average Bonchev–Trinajstić information content (AvgIpc) is 2.82. The number of hydrogen-bond acceptors (Lipinski definition) is 5. The highest BCUT2D eigenvalue weighted by atomic mass is 16.5. The van der Waals surface area contributed by atoms with E-state index < -0.39 is 0 Å². The first-order valence-corrected chi connectivity index (χ1v) is 10.2. The maximum atomic E-state index is 12.3. The van der Waals surface area contributed by atoms with Gasteiger partial charge in [0.05, 0.1) is 27.9 Å². The number of methoxy groups -OCH3 is 3. The molecule has 0 unspecified atom stereocenters. The van der Waals surface area contributed by atoms with Gasteiger partial charge in [0.1, 0.15) is 5.75 Å². The van der Waals surface area contributed by atoms with Crippen LogP contribution in [0.4, 0.5) is 0 Å². The lowest BCUT2D eigenvalue weighted by atomic mass is 9.99. The first-order valence-electron chi connectivity index (χ1n) is 10.2. The molecule has 3 rings (SSSR count). The van der Waals surface area contributed by atoms with Crippen molar-refractivity contribution in [2.45, 2.75) is 19.5 Å². The number of fused-ring (bicyclic) bond motifs is 1. The predicted molar refractivity (Wildman–Crippen MR) is 120 cm³/mol. The molecule has 0 spiro atoms. The van der Waals surface area contributed by atoms with Crippen molar-refractivity contribution in [1.82, 2.24) is 15.5 Å². The second-order valence-electron chi connectivity index (χ2n) is 7.17. The number of aliphatic imine (C=N–C) groups is 1. The van der Waals surface area contributed by atoms with Crippen LogP contribution >= 0.6 is 0 Å². The van der Waals surface area contributed by atoms with Gasteiger partial charge in [-0.1, -0.05) is 12.1 Å². The third-order valence-corrected chi connectivity index (χ3v) is 5.29. The summed E-state index contributed by atoms with van der Waals surface area (Å²) in [6.07, 6.45) is 0.861. The summed E-state index contributed by atoms with van der Waals surface area (Å²) >= 11 is 0. The monoisotopic (exact) mass is 426 g/mol. The van der Waals surface area contributed by atoms with Gasteiger partial charge in [0.25, 0.3) is 0 Å². The van der Waals surface area contributed by atoms with Gasteiger partial charge in [-0.05, 0) is 47.4 Å². The number of benzene rings is 2. The van der Waals surface area contributed by atoms with Crippen LogP contribution in [0.25, 0.3) is 0 Å². The molecule has 0 saturated carbocycles. The lowest BCUT2D eigenvalue weighted by Crippen LogP contribution is -2.47. The number of amides is 1. The number of rotatable bonds is 7. The second-order valence-corrected chi connectivity index (χ2v) is 7.17. The van der Waals surface area contributed by atoms with Gasteiger partial charge >= 0.3 is 0 Å². The predicted octanol–water partition coefficient (Wildman–Crippen LogP) is 1.96. The average molecular weight is 427 g/mol. The van der Waals surface area contributed by atoms with Crippen LogP contribution < -0.4 is 24.8 Å². The molecule has 0 radical (unpaired) electrons. The number of carbonyl (C=O) groups excluding carboxylic acids is 1. The maximum Gasteiger partial charge on any atom is 0.239 e. The highest BCUT2D eigenvalue weighted by Crippen LogP contribution is 2.33. The van der Waals surface area contributed by atoms with E-state index in [-0.39, 0.29) is 12.5 Å². The number of ether oxygens (including phenoxy) is 3. The Balaban J connectivity index is 1.53. The first-order chi connectivity index (χ1) is 15.1. The number of nitrogens with one attached hydrogen (secondary N) is 2. The second kappa shape index (κ2) is 10.6. The summed E-state index contributed by atoms with van der Waals surface area (Å²) in [4.78, 5) is 18.8. The summed E-state index contributed by atoms with van der Waals surface area (Å²) in [5.41, 5.74) is 3.41. The third-order valence-electron chi connectivity index (χ3n) is 5.29. The van der Waals surface area contributed by atoms with Gasteiger partial charge in [-0.15, -0.1) is 0 Å². The fourth-order valence-electron chi connectivity index (χ4n) is 3.56. The first kappa shape index (κ1) is 22.3. The number of guanidine groups is 1. The molecule has 8 heteroatoms. The highest BCUT2D eigenvalue weighted by Gasteiger charge is 2.22. The van der Waals surface area contributed by atoms with Crippen molar-refractivity contribution in [3.63, 3.8) is 0 Å². The molecule has 0 atom stereocenters. The molecular formula is C23H30N4O4. The molecule has 1 heterocycles. The van der Waals surface area contributed by atoms with Crippen molar-refractivity contribution < 1.29 is 19.0 Å². The van der Waals surface area contributed by atoms with Crippen molar-refractivity contribution in [1.29, 1.82) is 0 Å². The standard InChI is InChI=1S/C23H30N4O4/c1-24-23(26-14-22(28)25-13-16-5-7-19(29-2)8-6-16)27-10-9-17-11-20(30-3)21(31-4)12-18(17)15-27/h5-8,11-12H,9-10,13-15H2,1-4H3,(H,24,26)(H,25,28). The van der Waals surface area contributed by atoms with Crippen LogP contribution in [0.3, 0.4) is 0 Å². The van der Waals surface area contributed by atoms with E-state index in [1.165, 1.54) is 5.56 Å². The van der Waals surface area contributed by atoms with Gasteiger partial charge in [0.2, 0.25) is 5.91 Å². The molecule has 0 aliphatic carbocycles. The van der Waals surface area contributed by atoms with Crippen LogP contribution in [0.15, 0.2) is 41.4 Å². The molecule has 0 fully saturated rings. The SMILES string of the molecule is CN=C(NCC(=O)NCc1ccc(OC)cc1)N1CCc2cc(OC)c(OC)cc2C1. The van der Waals surface area contributed by atoms with Crippen molar-refractivity contribution >= 4 is 11.9 Å². The minimum atomic E-state index is -0.0965. The summed E-state index contributed by atoms with van der Waals surface area (Å²) < 4.78 is 16.0. The molecule has 2 aromatic rings. The zero-order chi connectivity index (χ0) is 22.2. The number of carbonyl (C=O) groups is 1. The van der Waals surface area contributed by atoms with E-state index in [4.69, 9.17) is 14.2 Å². The molecule has 0 aromatic heterocycles. The summed E-state index contributed by atoms with van der Waals surface area (Å²) in [7, 11) is 6.63. The quantitative estimate of drug-likeness (QED) is 0.520. The van der Waals surface area contributed by atoms with Crippen LogP contribution in [0.1, 0.15) is 16.7 Å².